The molecule has 29 heavy (non-hydrogen) atoms. The summed E-state index contributed by atoms with van der Waals surface area (Å²) in [5.41, 5.74) is 8.92. The number of amides is 1. The molecule has 1 amide bonds. The Bertz CT molecular complexity index is 922. The van der Waals surface area contributed by atoms with E-state index >= 15 is 0 Å². The summed E-state index contributed by atoms with van der Waals surface area (Å²) in [5, 5.41) is 0.575. The number of aryl methyl sites for hydroxylation is 1. The molecular weight excluding hydrogens is 460 g/mol. The summed E-state index contributed by atoms with van der Waals surface area (Å²) in [6.45, 7) is 2.55. The zero-order valence-electron chi connectivity index (χ0n) is 16.0. The Labute approximate surface area is 183 Å². The van der Waals surface area contributed by atoms with Gasteiger partial charge < -0.3 is 20.1 Å². The number of hydrogen-bond acceptors (Lipinski definition) is 5. The number of nitrogens with zero attached hydrogens (tertiary/aromatic N) is 1. The minimum atomic E-state index is -0.771. The molecule has 1 aliphatic heterocycles. The lowest BCUT2D eigenvalue weighted by Gasteiger charge is -2.31. The van der Waals surface area contributed by atoms with Crippen LogP contribution < -0.4 is 15.4 Å². The van der Waals surface area contributed by atoms with Crippen molar-refractivity contribution < 1.29 is 19.1 Å². The second kappa shape index (κ2) is 9.61. The maximum atomic E-state index is 13.0. The monoisotopic (exact) mass is 480 g/mol. The van der Waals surface area contributed by atoms with E-state index in [1.807, 2.05) is 12.1 Å². The largest absolute Gasteiger partial charge is 0.513 e. The molecule has 0 radical (unpaired) electrons. The van der Waals surface area contributed by atoms with E-state index in [0.717, 1.165) is 29.7 Å². The molecule has 1 aliphatic rings. The minimum Gasteiger partial charge on any atom is -0.434 e. The summed E-state index contributed by atoms with van der Waals surface area (Å²) >= 11 is 9.80. The number of nitrogens with two attached hydrogens (primary N) is 1. The zero-order chi connectivity index (χ0) is 21.0. The number of ether oxygens (including phenoxy) is 2. The quantitative estimate of drug-likeness (QED) is 0.480. The molecule has 3 rings (SSSR count). The summed E-state index contributed by atoms with van der Waals surface area (Å²) in [7, 11) is 0. The van der Waals surface area contributed by atoms with Crippen molar-refractivity contribution in [3.05, 3.63) is 57.0 Å². The molecule has 2 aromatic carbocycles. The van der Waals surface area contributed by atoms with Crippen LogP contribution in [0.15, 0.2) is 40.9 Å². The fourth-order valence-electron chi connectivity index (χ4n) is 3.38. The highest BCUT2D eigenvalue weighted by Gasteiger charge is 2.26. The first-order valence-electron chi connectivity index (χ1n) is 9.38. The Balaban J connectivity index is 1.72. The molecule has 0 fully saturated rings. The average molecular weight is 482 g/mol. The van der Waals surface area contributed by atoms with E-state index in [4.69, 9.17) is 26.8 Å². The topological polar surface area (TPSA) is 81.9 Å². The molecule has 0 aliphatic carbocycles. The Kier molecular flexibility index (Phi) is 7.16. The standard InChI is InChI=1S/C21H22BrClN2O4/c1-2-28-21(27)29-14-8-9-15(16(22)11-14)18(24)12-19(26)25-10-4-6-13-5-3-7-17(23)20(13)25/h3,5,7-9,11,18H,2,4,6,10,12,24H2,1H3. The van der Waals surface area contributed by atoms with Crippen molar-refractivity contribution in [3.8, 4) is 5.75 Å². The van der Waals surface area contributed by atoms with Gasteiger partial charge in [-0.25, -0.2) is 4.79 Å². The molecule has 6 nitrogen and oxygen atoms in total. The number of carbonyl (C=O) groups is 2. The maximum absolute atomic E-state index is 13.0. The first-order valence-corrected chi connectivity index (χ1v) is 10.5. The van der Waals surface area contributed by atoms with Crippen molar-refractivity contribution in [1.82, 2.24) is 0 Å². The van der Waals surface area contributed by atoms with Crippen LogP contribution in [-0.2, 0) is 16.0 Å². The highest BCUT2D eigenvalue weighted by molar-refractivity contribution is 9.10. The normalized spacial score (nSPS) is 14.1. The number of fused-ring (bicyclic) bond motifs is 1. The summed E-state index contributed by atoms with van der Waals surface area (Å²) in [5.74, 6) is 0.250. The molecule has 1 heterocycles. The van der Waals surface area contributed by atoms with Crippen LogP contribution in [0.2, 0.25) is 5.02 Å². The highest BCUT2D eigenvalue weighted by Crippen LogP contribution is 2.36. The van der Waals surface area contributed by atoms with Gasteiger partial charge in [0.15, 0.2) is 0 Å². The lowest BCUT2D eigenvalue weighted by molar-refractivity contribution is -0.119. The van der Waals surface area contributed by atoms with Crippen molar-refractivity contribution in [1.29, 1.82) is 0 Å². The molecule has 0 saturated carbocycles. The van der Waals surface area contributed by atoms with Gasteiger partial charge in [0.25, 0.3) is 0 Å². The Morgan fingerprint density at radius 2 is 2.10 bits per heavy atom. The lowest BCUT2D eigenvalue weighted by atomic mass is 9.99. The minimum absolute atomic E-state index is 0.0784. The smallest absolute Gasteiger partial charge is 0.434 e. The SMILES string of the molecule is CCOC(=O)Oc1ccc(C(N)CC(=O)N2CCCc3cccc(Cl)c32)c(Br)c1. The van der Waals surface area contributed by atoms with Crippen LogP contribution in [0.3, 0.4) is 0 Å². The van der Waals surface area contributed by atoms with Gasteiger partial charge in [0, 0.05) is 23.5 Å². The van der Waals surface area contributed by atoms with Crippen LogP contribution in [0, 0.1) is 0 Å². The van der Waals surface area contributed by atoms with Crippen LogP contribution >= 0.6 is 27.5 Å². The van der Waals surface area contributed by atoms with Gasteiger partial charge in [-0.05, 0) is 49.1 Å². The van der Waals surface area contributed by atoms with E-state index in [-0.39, 0.29) is 18.9 Å². The van der Waals surface area contributed by atoms with Gasteiger partial charge in [0.1, 0.15) is 5.75 Å². The van der Waals surface area contributed by atoms with Crippen molar-refractivity contribution in [2.24, 2.45) is 5.73 Å². The van der Waals surface area contributed by atoms with Crippen molar-refractivity contribution in [2.45, 2.75) is 32.2 Å². The van der Waals surface area contributed by atoms with Crippen LogP contribution in [-0.4, -0.2) is 25.2 Å². The van der Waals surface area contributed by atoms with E-state index < -0.39 is 12.2 Å². The van der Waals surface area contributed by atoms with Gasteiger partial charge >= 0.3 is 6.16 Å². The molecule has 154 valence electrons. The lowest BCUT2D eigenvalue weighted by Crippen LogP contribution is -2.37. The average Bonchev–Trinajstić information content (AvgIpc) is 2.68. The maximum Gasteiger partial charge on any atom is 0.513 e. The van der Waals surface area contributed by atoms with Gasteiger partial charge in [0.2, 0.25) is 5.91 Å². The van der Waals surface area contributed by atoms with Gasteiger partial charge in [0.05, 0.1) is 17.3 Å². The highest BCUT2D eigenvalue weighted by atomic mass is 79.9. The summed E-state index contributed by atoms with van der Waals surface area (Å²) < 4.78 is 10.5. The number of halogens is 2. The van der Waals surface area contributed by atoms with Crippen molar-refractivity contribution in [2.75, 3.05) is 18.1 Å². The van der Waals surface area contributed by atoms with E-state index in [9.17, 15) is 9.59 Å². The van der Waals surface area contributed by atoms with Gasteiger partial charge in [-0.2, -0.15) is 0 Å². The number of carbonyl (C=O) groups excluding carboxylic acids is 2. The molecule has 2 aromatic rings. The number of benzene rings is 2. The predicted molar refractivity (Wildman–Crippen MR) is 115 cm³/mol. The number of rotatable bonds is 5. The van der Waals surface area contributed by atoms with E-state index in [1.54, 1.807) is 36.1 Å². The van der Waals surface area contributed by atoms with Crippen LogP contribution in [0.1, 0.15) is 36.9 Å². The second-order valence-electron chi connectivity index (χ2n) is 6.68. The third kappa shape index (κ3) is 5.10. The number of anilines is 1. The molecule has 0 spiro atoms. The third-order valence-corrected chi connectivity index (χ3v) is 5.69. The first kappa shape index (κ1) is 21.6. The van der Waals surface area contributed by atoms with E-state index in [1.165, 1.54) is 0 Å². The van der Waals surface area contributed by atoms with Gasteiger partial charge in [-0.1, -0.05) is 45.7 Å². The van der Waals surface area contributed by atoms with Crippen molar-refractivity contribution in [3.63, 3.8) is 0 Å². The van der Waals surface area contributed by atoms with Crippen LogP contribution in [0.5, 0.6) is 5.75 Å². The van der Waals surface area contributed by atoms with E-state index in [2.05, 4.69) is 15.9 Å². The molecule has 0 bridgehead atoms. The molecular formula is C21H22BrClN2O4. The number of para-hydroxylation sites is 1. The molecule has 1 unspecified atom stereocenters. The number of hydrogen-bond donors (Lipinski definition) is 1. The predicted octanol–water partition coefficient (Wildman–Crippen LogP) is 5.01. The molecule has 2 N–H and O–H groups in total. The molecule has 8 heteroatoms. The zero-order valence-corrected chi connectivity index (χ0v) is 18.3. The van der Waals surface area contributed by atoms with Gasteiger partial charge in [-0.3, -0.25) is 4.79 Å². The first-order chi connectivity index (χ1) is 13.9. The third-order valence-electron chi connectivity index (χ3n) is 4.70. The Morgan fingerprint density at radius 1 is 1.31 bits per heavy atom. The van der Waals surface area contributed by atoms with Gasteiger partial charge in [-0.15, -0.1) is 0 Å². The summed E-state index contributed by atoms with van der Waals surface area (Å²) in [4.78, 5) is 26.2. The van der Waals surface area contributed by atoms with Crippen molar-refractivity contribution >= 4 is 45.3 Å². The molecule has 1 atom stereocenters. The van der Waals surface area contributed by atoms with E-state index in [0.29, 0.717) is 21.8 Å². The second-order valence-corrected chi connectivity index (χ2v) is 7.94. The molecule has 0 aromatic heterocycles. The summed E-state index contributed by atoms with van der Waals surface area (Å²) in [6.07, 6.45) is 1.14. The molecule has 0 saturated heterocycles. The Hall–Kier alpha value is -2.09. The Morgan fingerprint density at radius 3 is 2.83 bits per heavy atom. The summed E-state index contributed by atoms with van der Waals surface area (Å²) in [6, 6.07) is 10.1. The fourth-order valence-corrected chi connectivity index (χ4v) is 4.32. The van der Waals surface area contributed by atoms with Crippen LogP contribution in [0.25, 0.3) is 0 Å². The fraction of sp³-hybridized carbons (Fsp3) is 0.333. The van der Waals surface area contributed by atoms with Crippen LogP contribution in [0.4, 0.5) is 10.5 Å².